The molecule has 1 N–H and O–H groups in total. The number of aromatic nitrogens is 3. The van der Waals surface area contributed by atoms with Crippen LogP contribution in [-0.4, -0.2) is 104 Å². The number of hydrogen-bond donors (Lipinski definition) is 1. The Balaban J connectivity index is 1.35. The van der Waals surface area contributed by atoms with Crippen molar-refractivity contribution < 1.29 is 28.8 Å². The first-order valence-electron chi connectivity index (χ1n) is 14.1. The molecular weight excluding hydrogens is 538 g/mol. The van der Waals surface area contributed by atoms with Gasteiger partial charge in [0.2, 0.25) is 0 Å². The summed E-state index contributed by atoms with van der Waals surface area (Å²) in [6, 6.07) is 1.87. The first kappa shape index (κ1) is 29.5. The fraction of sp³-hybridized carbons (Fsp3) is 0.750. The van der Waals surface area contributed by atoms with Crippen LogP contribution in [0.3, 0.4) is 0 Å². The summed E-state index contributed by atoms with van der Waals surface area (Å²) < 4.78 is 26.4. The molecule has 40 heavy (non-hydrogen) atoms. The van der Waals surface area contributed by atoms with Crippen LogP contribution in [0.4, 0.5) is 4.79 Å². The molecule has 1 spiro atoms. The Labute approximate surface area is 240 Å². The molecule has 5 heterocycles. The third kappa shape index (κ3) is 6.10. The Hall–Kier alpha value is -2.02. The Kier molecular flexibility index (Phi) is 8.10. The number of amides is 1. The van der Waals surface area contributed by atoms with Gasteiger partial charge in [-0.15, -0.1) is 0 Å². The number of morpholine rings is 1. The molecule has 5 rings (SSSR count). The van der Waals surface area contributed by atoms with Crippen LogP contribution in [0.15, 0.2) is 18.6 Å². The van der Waals surface area contributed by atoms with Crippen molar-refractivity contribution in [3.8, 4) is 0 Å². The molecular formula is C28H42ClN5O6. The van der Waals surface area contributed by atoms with Crippen LogP contribution in [0, 0.1) is 5.92 Å². The van der Waals surface area contributed by atoms with Gasteiger partial charge < -0.3 is 33.5 Å². The molecule has 0 aromatic carbocycles. The normalized spacial score (nSPS) is 27.9. The quantitative estimate of drug-likeness (QED) is 0.417. The maximum absolute atomic E-state index is 12.7. The number of hydrogen-bond acceptors (Lipinski definition) is 9. The van der Waals surface area contributed by atoms with Crippen LogP contribution in [0.5, 0.6) is 0 Å². The molecule has 0 unspecified atom stereocenters. The first-order chi connectivity index (χ1) is 18.8. The number of rotatable bonds is 5. The van der Waals surface area contributed by atoms with Gasteiger partial charge in [-0.2, -0.15) is 0 Å². The van der Waals surface area contributed by atoms with Crippen LogP contribution in [-0.2, 0) is 18.9 Å². The molecule has 2 aromatic heterocycles. The highest BCUT2D eigenvalue weighted by Gasteiger charge is 2.50. The number of carbonyl (C=O) groups is 1. The fourth-order valence-corrected chi connectivity index (χ4v) is 6.28. The minimum atomic E-state index is -1.35. The largest absolute Gasteiger partial charge is 0.444 e. The number of likely N-dealkylation sites (tertiary alicyclic amines) is 1. The molecule has 12 heteroatoms. The first-order valence-corrected chi connectivity index (χ1v) is 14.5. The van der Waals surface area contributed by atoms with Crippen molar-refractivity contribution >= 4 is 28.7 Å². The van der Waals surface area contributed by atoms with E-state index in [9.17, 15) is 9.90 Å². The van der Waals surface area contributed by atoms with Gasteiger partial charge in [0, 0.05) is 43.8 Å². The lowest BCUT2D eigenvalue weighted by Gasteiger charge is -2.51. The van der Waals surface area contributed by atoms with E-state index in [2.05, 4.69) is 21.8 Å². The molecule has 2 aromatic rings. The van der Waals surface area contributed by atoms with Crippen LogP contribution >= 0.6 is 11.6 Å². The van der Waals surface area contributed by atoms with Crippen molar-refractivity contribution in [3.05, 3.63) is 23.7 Å². The van der Waals surface area contributed by atoms with Gasteiger partial charge in [-0.05, 0) is 53.5 Å². The van der Waals surface area contributed by atoms with E-state index in [4.69, 9.17) is 30.5 Å². The van der Waals surface area contributed by atoms with Gasteiger partial charge in [0.1, 0.15) is 28.8 Å². The van der Waals surface area contributed by atoms with E-state index >= 15 is 0 Å². The molecule has 222 valence electrons. The number of fused-ring (bicyclic) bond motifs is 1. The highest BCUT2D eigenvalue weighted by atomic mass is 35.5. The lowest BCUT2D eigenvalue weighted by molar-refractivity contribution is -0.227. The summed E-state index contributed by atoms with van der Waals surface area (Å²) in [4.78, 5) is 25.5. The SMILES string of the molecule is C[C@H]1[C@@H](OC(C)(C)O)[C@H](n2ccc3c(Cl)ncnc32)O[C@@H]1CN1CCOCC12CCN(C(=O)OC(C)(C)C)CC2. The average molecular weight is 580 g/mol. The van der Waals surface area contributed by atoms with Gasteiger partial charge in [0.25, 0.3) is 0 Å². The molecule has 1 amide bonds. The van der Waals surface area contributed by atoms with E-state index < -0.39 is 23.7 Å². The van der Waals surface area contributed by atoms with Crippen molar-refractivity contribution in [3.63, 3.8) is 0 Å². The molecule has 3 aliphatic heterocycles. The van der Waals surface area contributed by atoms with Crippen molar-refractivity contribution in [1.29, 1.82) is 0 Å². The number of aliphatic hydroxyl groups is 1. The van der Waals surface area contributed by atoms with Gasteiger partial charge in [-0.3, -0.25) is 4.90 Å². The zero-order valence-corrected chi connectivity index (χ0v) is 25.1. The Morgan fingerprint density at radius 1 is 1.20 bits per heavy atom. The third-order valence-corrected chi connectivity index (χ3v) is 8.45. The zero-order chi connectivity index (χ0) is 28.9. The summed E-state index contributed by atoms with van der Waals surface area (Å²) in [5.74, 6) is -1.38. The van der Waals surface area contributed by atoms with Crippen molar-refractivity contribution in [2.45, 2.75) is 89.7 Å². The lowest BCUT2D eigenvalue weighted by atomic mass is 9.84. The number of ether oxygens (including phenoxy) is 4. The van der Waals surface area contributed by atoms with Crippen molar-refractivity contribution in [2.24, 2.45) is 5.92 Å². The van der Waals surface area contributed by atoms with Gasteiger partial charge in [-0.25, -0.2) is 14.8 Å². The molecule has 3 fully saturated rings. The highest BCUT2D eigenvalue weighted by Crippen LogP contribution is 2.42. The van der Waals surface area contributed by atoms with Gasteiger partial charge >= 0.3 is 6.09 Å². The van der Waals surface area contributed by atoms with E-state index in [0.717, 1.165) is 24.8 Å². The van der Waals surface area contributed by atoms with Crippen LogP contribution in [0.25, 0.3) is 11.0 Å². The molecule has 0 radical (unpaired) electrons. The minimum Gasteiger partial charge on any atom is -0.444 e. The van der Waals surface area contributed by atoms with E-state index in [0.29, 0.717) is 43.6 Å². The second kappa shape index (κ2) is 11.0. The Morgan fingerprint density at radius 2 is 1.93 bits per heavy atom. The standard InChI is InChI=1S/C28H42ClN5O6/c1-18-20(15-33-13-14-37-16-28(33)8-11-32(12-9-28)25(35)40-26(2,3)4)38-24(21(18)39-27(5,6)36)34-10-7-19-22(29)30-17-31-23(19)34/h7,10,17-18,20-21,24,36H,8-9,11-16H2,1-6H3/t18-,20-,21-,24-/m1/s1. The summed E-state index contributed by atoms with van der Waals surface area (Å²) in [6.45, 7) is 14.9. The summed E-state index contributed by atoms with van der Waals surface area (Å²) in [7, 11) is 0. The number of halogens is 1. The van der Waals surface area contributed by atoms with E-state index in [1.807, 2.05) is 37.6 Å². The average Bonchev–Trinajstić information content (AvgIpc) is 3.41. The number of carbonyl (C=O) groups excluding carboxylic acids is 1. The molecule has 3 saturated heterocycles. The van der Waals surface area contributed by atoms with Crippen molar-refractivity contribution in [2.75, 3.05) is 39.4 Å². The lowest BCUT2D eigenvalue weighted by Crippen LogP contribution is -2.63. The van der Waals surface area contributed by atoms with E-state index in [1.165, 1.54) is 6.33 Å². The minimum absolute atomic E-state index is 0.0343. The molecule has 11 nitrogen and oxygen atoms in total. The van der Waals surface area contributed by atoms with E-state index in [1.54, 1.807) is 18.7 Å². The predicted molar refractivity (Wildman–Crippen MR) is 149 cm³/mol. The maximum atomic E-state index is 12.7. The second-order valence-electron chi connectivity index (χ2n) is 12.8. The highest BCUT2D eigenvalue weighted by molar-refractivity contribution is 6.33. The Bertz CT molecular complexity index is 1200. The topological polar surface area (TPSA) is 111 Å². The number of piperidine rings is 1. The molecule has 0 saturated carbocycles. The fourth-order valence-electron chi connectivity index (χ4n) is 6.09. The van der Waals surface area contributed by atoms with E-state index in [-0.39, 0.29) is 23.7 Å². The summed E-state index contributed by atoms with van der Waals surface area (Å²) in [5.41, 5.74) is -0.0616. The smallest absolute Gasteiger partial charge is 0.410 e. The second-order valence-corrected chi connectivity index (χ2v) is 13.1. The summed E-state index contributed by atoms with van der Waals surface area (Å²) >= 11 is 6.32. The third-order valence-electron chi connectivity index (χ3n) is 8.15. The van der Waals surface area contributed by atoms with Crippen molar-refractivity contribution in [1.82, 2.24) is 24.3 Å². The van der Waals surface area contributed by atoms with Crippen LogP contribution in [0.1, 0.15) is 60.6 Å². The summed E-state index contributed by atoms with van der Waals surface area (Å²) in [5, 5.41) is 11.7. The molecule has 3 aliphatic rings. The zero-order valence-electron chi connectivity index (χ0n) is 24.3. The van der Waals surface area contributed by atoms with Crippen LogP contribution in [0.2, 0.25) is 5.15 Å². The van der Waals surface area contributed by atoms with Gasteiger partial charge in [0.15, 0.2) is 12.0 Å². The van der Waals surface area contributed by atoms with Gasteiger partial charge in [0.05, 0.1) is 24.7 Å². The predicted octanol–water partition coefficient (Wildman–Crippen LogP) is 3.83. The molecule has 0 bridgehead atoms. The van der Waals surface area contributed by atoms with Gasteiger partial charge in [-0.1, -0.05) is 18.5 Å². The maximum Gasteiger partial charge on any atom is 0.410 e. The number of nitrogens with zero attached hydrogens (tertiary/aromatic N) is 5. The van der Waals surface area contributed by atoms with Crippen LogP contribution < -0.4 is 0 Å². The Morgan fingerprint density at radius 3 is 2.60 bits per heavy atom. The molecule has 4 atom stereocenters. The monoisotopic (exact) mass is 579 g/mol. The molecule has 0 aliphatic carbocycles. The summed E-state index contributed by atoms with van der Waals surface area (Å²) in [6.07, 6.45) is 3.51.